The third-order valence-corrected chi connectivity index (χ3v) is 4.83. The monoisotopic (exact) mass is 236 g/mol. The van der Waals surface area contributed by atoms with E-state index in [4.69, 9.17) is 0 Å². The first kappa shape index (κ1) is 11.1. The van der Waals surface area contributed by atoms with Crippen molar-refractivity contribution >= 4 is 12.3 Å². The van der Waals surface area contributed by atoms with Gasteiger partial charge in [0.2, 0.25) is 12.3 Å². The molecule has 1 aliphatic heterocycles. The molecule has 2 amide bonds. The molecule has 2 aliphatic carbocycles. The van der Waals surface area contributed by atoms with Crippen LogP contribution in [0.15, 0.2) is 0 Å². The largest absolute Gasteiger partial charge is 0.342 e. The van der Waals surface area contributed by atoms with Crippen molar-refractivity contribution in [2.75, 3.05) is 26.2 Å². The normalized spacial score (nSPS) is 36.4. The molecule has 4 heteroatoms. The van der Waals surface area contributed by atoms with Crippen LogP contribution >= 0.6 is 0 Å². The Morgan fingerprint density at radius 3 is 2.35 bits per heavy atom. The lowest BCUT2D eigenvalue weighted by atomic mass is 9.87. The number of hydrogen-bond acceptors (Lipinski definition) is 2. The van der Waals surface area contributed by atoms with Gasteiger partial charge in [-0.05, 0) is 31.1 Å². The van der Waals surface area contributed by atoms with E-state index in [9.17, 15) is 9.59 Å². The standard InChI is InChI=1S/C13H20N2O2/c16-9-14-3-5-15(6-4-14)13(17)12-8-10-1-2-11(12)7-10/h9-12H,1-8H2. The smallest absolute Gasteiger partial charge is 0.226 e. The van der Waals surface area contributed by atoms with Gasteiger partial charge in [0.1, 0.15) is 0 Å². The maximum atomic E-state index is 12.4. The van der Waals surface area contributed by atoms with Gasteiger partial charge in [0, 0.05) is 32.1 Å². The van der Waals surface area contributed by atoms with E-state index in [2.05, 4.69) is 0 Å². The van der Waals surface area contributed by atoms with Crippen molar-refractivity contribution in [1.29, 1.82) is 0 Å². The molecule has 0 aromatic carbocycles. The summed E-state index contributed by atoms with van der Waals surface area (Å²) in [7, 11) is 0. The van der Waals surface area contributed by atoms with Crippen molar-refractivity contribution in [2.24, 2.45) is 17.8 Å². The minimum atomic E-state index is 0.302. The summed E-state index contributed by atoms with van der Waals surface area (Å²) < 4.78 is 0. The van der Waals surface area contributed by atoms with E-state index in [1.165, 1.54) is 19.3 Å². The van der Waals surface area contributed by atoms with Crippen LogP contribution in [0.3, 0.4) is 0 Å². The first-order valence-electron chi connectivity index (χ1n) is 6.76. The highest BCUT2D eigenvalue weighted by Crippen LogP contribution is 2.48. The predicted octanol–water partition coefficient (Wildman–Crippen LogP) is 0.723. The molecule has 3 unspecified atom stereocenters. The number of hydrogen-bond donors (Lipinski definition) is 0. The molecule has 0 aromatic heterocycles. The predicted molar refractivity (Wildman–Crippen MR) is 63.2 cm³/mol. The Labute approximate surface area is 102 Å². The minimum Gasteiger partial charge on any atom is -0.342 e. The van der Waals surface area contributed by atoms with Crippen molar-refractivity contribution in [3.8, 4) is 0 Å². The molecule has 0 radical (unpaired) electrons. The lowest BCUT2D eigenvalue weighted by Crippen LogP contribution is -2.50. The molecule has 0 N–H and O–H groups in total. The molecule has 3 rings (SSSR count). The quantitative estimate of drug-likeness (QED) is 0.663. The van der Waals surface area contributed by atoms with Crippen LogP contribution in [0.25, 0.3) is 0 Å². The molecule has 3 aliphatic rings. The number of amides is 2. The Kier molecular flexibility index (Phi) is 2.81. The average molecular weight is 236 g/mol. The Balaban J connectivity index is 1.58. The highest BCUT2D eigenvalue weighted by atomic mass is 16.2. The minimum absolute atomic E-state index is 0.302. The molecule has 4 nitrogen and oxygen atoms in total. The first-order valence-corrected chi connectivity index (χ1v) is 6.76. The van der Waals surface area contributed by atoms with Gasteiger partial charge in [-0.3, -0.25) is 9.59 Å². The van der Waals surface area contributed by atoms with E-state index in [0.29, 0.717) is 30.8 Å². The summed E-state index contributed by atoms with van der Waals surface area (Å²) in [6, 6.07) is 0. The highest BCUT2D eigenvalue weighted by Gasteiger charge is 2.44. The van der Waals surface area contributed by atoms with Crippen molar-refractivity contribution in [2.45, 2.75) is 25.7 Å². The van der Waals surface area contributed by atoms with Crippen LogP contribution < -0.4 is 0 Å². The highest BCUT2D eigenvalue weighted by molar-refractivity contribution is 5.80. The zero-order valence-electron chi connectivity index (χ0n) is 10.2. The summed E-state index contributed by atoms with van der Waals surface area (Å²) in [6.45, 7) is 2.86. The molecular weight excluding hydrogens is 216 g/mol. The number of nitrogens with zero attached hydrogens (tertiary/aromatic N) is 2. The molecule has 17 heavy (non-hydrogen) atoms. The van der Waals surface area contributed by atoms with Crippen LogP contribution in [0.2, 0.25) is 0 Å². The summed E-state index contributed by atoms with van der Waals surface area (Å²) in [4.78, 5) is 26.8. The SMILES string of the molecule is O=CN1CCN(C(=O)C2CC3CCC2C3)CC1. The Morgan fingerprint density at radius 1 is 1.06 bits per heavy atom. The van der Waals surface area contributed by atoms with Gasteiger partial charge < -0.3 is 9.80 Å². The summed E-state index contributed by atoms with van der Waals surface area (Å²) in [5.41, 5.74) is 0. The Morgan fingerprint density at radius 2 is 1.82 bits per heavy atom. The molecule has 1 heterocycles. The second-order valence-corrected chi connectivity index (χ2v) is 5.75. The summed E-state index contributed by atoms with van der Waals surface area (Å²) in [5, 5.41) is 0. The third-order valence-electron chi connectivity index (χ3n) is 4.83. The number of carbonyl (C=O) groups is 2. The summed E-state index contributed by atoms with van der Waals surface area (Å²) in [6.07, 6.45) is 5.89. The maximum absolute atomic E-state index is 12.4. The van der Waals surface area contributed by atoms with Crippen molar-refractivity contribution in [3.05, 3.63) is 0 Å². The van der Waals surface area contributed by atoms with E-state index in [0.717, 1.165) is 31.8 Å². The summed E-state index contributed by atoms with van der Waals surface area (Å²) >= 11 is 0. The zero-order valence-corrected chi connectivity index (χ0v) is 10.2. The topological polar surface area (TPSA) is 40.6 Å². The van der Waals surface area contributed by atoms with E-state index >= 15 is 0 Å². The molecule has 2 bridgehead atoms. The van der Waals surface area contributed by atoms with Gasteiger partial charge in [0.05, 0.1) is 0 Å². The van der Waals surface area contributed by atoms with Crippen molar-refractivity contribution < 1.29 is 9.59 Å². The van der Waals surface area contributed by atoms with E-state index in [1.807, 2.05) is 4.90 Å². The number of carbonyl (C=O) groups excluding carboxylic acids is 2. The van der Waals surface area contributed by atoms with E-state index in [-0.39, 0.29) is 0 Å². The molecule has 2 saturated carbocycles. The lowest BCUT2D eigenvalue weighted by Gasteiger charge is -2.35. The average Bonchev–Trinajstić information content (AvgIpc) is 3.00. The number of fused-ring (bicyclic) bond motifs is 2. The van der Waals surface area contributed by atoms with Gasteiger partial charge in [-0.2, -0.15) is 0 Å². The summed E-state index contributed by atoms with van der Waals surface area (Å²) in [5.74, 6) is 2.15. The third kappa shape index (κ3) is 1.94. The first-order chi connectivity index (χ1) is 8.28. The van der Waals surface area contributed by atoms with Crippen LogP contribution in [0.4, 0.5) is 0 Å². The van der Waals surface area contributed by atoms with Crippen LogP contribution in [0.1, 0.15) is 25.7 Å². The fourth-order valence-corrected chi connectivity index (χ4v) is 3.83. The fraction of sp³-hybridized carbons (Fsp3) is 0.846. The van der Waals surface area contributed by atoms with Gasteiger partial charge >= 0.3 is 0 Å². The molecular formula is C13H20N2O2. The molecule has 3 atom stereocenters. The van der Waals surface area contributed by atoms with Gasteiger partial charge in [-0.15, -0.1) is 0 Å². The second kappa shape index (κ2) is 4.31. The molecule has 1 saturated heterocycles. The van der Waals surface area contributed by atoms with Crippen LogP contribution in [-0.2, 0) is 9.59 Å². The van der Waals surface area contributed by atoms with Gasteiger partial charge in [-0.25, -0.2) is 0 Å². The zero-order chi connectivity index (χ0) is 11.8. The van der Waals surface area contributed by atoms with Crippen LogP contribution in [0, 0.1) is 17.8 Å². The lowest BCUT2D eigenvalue weighted by molar-refractivity contribution is -0.140. The number of rotatable bonds is 2. The van der Waals surface area contributed by atoms with Crippen LogP contribution in [0.5, 0.6) is 0 Å². The van der Waals surface area contributed by atoms with Crippen molar-refractivity contribution in [1.82, 2.24) is 9.80 Å². The molecule has 0 aromatic rings. The van der Waals surface area contributed by atoms with Gasteiger partial charge in [0.25, 0.3) is 0 Å². The van der Waals surface area contributed by atoms with Crippen LogP contribution in [-0.4, -0.2) is 48.3 Å². The fourth-order valence-electron chi connectivity index (χ4n) is 3.83. The van der Waals surface area contributed by atoms with Crippen molar-refractivity contribution in [3.63, 3.8) is 0 Å². The van der Waals surface area contributed by atoms with E-state index < -0.39 is 0 Å². The second-order valence-electron chi connectivity index (χ2n) is 5.75. The Hall–Kier alpha value is -1.06. The van der Waals surface area contributed by atoms with Gasteiger partial charge in [0.15, 0.2) is 0 Å². The molecule has 94 valence electrons. The molecule has 0 spiro atoms. The number of piperazine rings is 1. The Bertz CT molecular complexity index is 323. The van der Waals surface area contributed by atoms with E-state index in [1.54, 1.807) is 4.90 Å². The van der Waals surface area contributed by atoms with Gasteiger partial charge in [-0.1, -0.05) is 6.42 Å². The maximum Gasteiger partial charge on any atom is 0.226 e. The molecule has 3 fully saturated rings.